The van der Waals surface area contributed by atoms with E-state index in [0.29, 0.717) is 24.7 Å². The Balaban J connectivity index is 1.73. The SMILES string of the molecule is O=C(O)COCCNC(=O)Cc1ccc2c(c1)OCCO2. The molecule has 1 heterocycles. The number of hydrogen-bond acceptors (Lipinski definition) is 5. The van der Waals surface area contributed by atoms with E-state index in [1.807, 2.05) is 6.07 Å². The van der Waals surface area contributed by atoms with Crippen LogP contribution in [0.4, 0.5) is 0 Å². The molecule has 0 radical (unpaired) electrons. The third kappa shape index (κ3) is 4.96. The van der Waals surface area contributed by atoms with Crippen LogP contribution in [0.3, 0.4) is 0 Å². The number of nitrogens with one attached hydrogen (secondary N) is 1. The Bertz CT molecular complexity index is 516. The summed E-state index contributed by atoms with van der Waals surface area (Å²) in [6.07, 6.45) is 0.218. The Hall–Kier alpha value is -2.28. The number of amides is 1. The third-order valence-corrected chi connectivity index (χ3v) is 2.77. The van der Waals surface area contributed by atoms with Crippen molar-refractivity contribution in [2.24, 2.45) is 0 Å². The topological polar surface area (TPSA) is 94.1 Å². The van der Waals surface area contributed by atoms with Gasteiger partial charge in [-0.05, 0) is 17.7 Å². The number of hydrogen-bond donors (Lipinski definition) is 2. The summed E-state index contributed by atoms with van der Waals surface area (Å²) in [5.41, 5.74) is 0.822. The lowest BCUT2D eigenvalue weighted by Crippen LogP contribution is -2.29. The van der Waals surface area contributed by atoms with Crippen molar-refractivity contribution < 1.29 is 28.9 Å². The van der Waals surface area contributed by atoms with Crippen molar-refractivity contribution >= 4 is 11.9 Å². The van der Waals surface area contributed by atoms with Crippen molar-refractivity contribution in [1.29, 1.82) is 0 Å². The fraction of sp³-hybridized carbons (Fsp3) is 0.429. The summed E-state index contributed by atoms with van der Waals surface area (Å²) < 4.78 is 15.7. The monoisotopic (exact) mass is 295 g/mol. The maximum atomic E-state index is 11.7. The minimum atomic E-state index is -1.03. The molecule has 7 nitrogen and oxygen atoms in total. The standard InChI is InChI=1S/C14H17NO6/c16-13(15-3-4-19-9-14(17)18)8-10-1-2-11-12(7-10)21-6-5-20-11/h1-2,7H,3-6,8-9H2,(H,15,16)(H,17,18). The summed E-state index contributed by atoms with van der Waals surface area (Å²) in [6.45, 7) is 1.11. The van der Waals surface area contributed by atoms with Gasteiger partial charge in [0.1, 0.15) is 19.8 Å². The predicted octanol–water partition coefficient (Wildman–Crippen LogP) is 0.218. The smallest absolute Gasteiger partial charge is 0.329 e. The number of ether oxygens (including phenoxy) is 3. The van der Waals surface area contributed by atoms with Gasteiger partial charge in [-0.25, -0.2) is 4.79 Å². The number of aliphatic carboxylic acids is 1. The highest BCUT2D eigenvalue weighted by atomic mass is 16.6. The first-order valence-corrected chi connectivity index (χ1v) is 6.60. The van der Waals surface area contributed by atoms with Crippen LogP contribution >= 0.6 is 0 Å². The Morgan fingerprint density at radius 1 is 1.24 bits per heavy atom. The minimum absolute atomic E-state index is 0.161. The second kappa shape index (κ2) is 7.49. The molecule has 0 unspecified atom stereocenters. The second-order valence-electron chi connectivity index (χ2n) is 4.45. The molecule has 1 aromatic rings. The minimum Gasteiger partial charge on any atom is -0.486 e. The molecule has 7 heteroatoms. The third-order valence-electron chi connectivity index (χ3n) is 2.77. The van der Waals surface area contributed by atoms with E-state index in [2.05, 4.69) is 5.32 Å². The van der Waals surface area contributed by atoms with E-state index >= 15 is 0 Å². The average molecular weight is 295 g/mol. The zero-order valence-electron chi connectivity index (χ0n) is 11.5. The second-order valence-corrected chi connectivity index (χ2v) is 4.45. The Morgan fingerprint density at radius 2 is 2.00 bits per heavy atom. The Kier molecular flexibility index (Phi) is 5.39. The van der Waals surface area contributed by atoms with Crippen molar-refractivity contribution in [3.05, 3.63) is 23.8 Å². The van der Waals surface area contributed by atoms with Crippen LogP contribution in [-0.2, 0) is 20.7 Å². The Morgan fingerprint density at radius 3 is 2.76 bits per heavy atom. The molecule has 1 aliphatic heterocycles. The van der Waals surface area contributed by atoms with Crippen molar-refractivity contribution in [3.8, 4) is 11.5 Å². The van der Waals surface area contributed by atoms with Gasteiger partial charge in [0.25, 0.3) is 0 Å². The number of carboxylic acid groups (broad SMARTS) is 1. The number of carbonyl (C=O) groups is 2. The predicted molar refractivity (Wildman–Crippen MR) is 72.6 cm³/mol. The van der Waals surface area contributed by atoms with E-state index in [1.54, 1.807) is 12.1 Å². The van der Waals surface area contributed by atoms with Gasteiger partial charge in [0.2, 0.25) is 5.91 Å². The molecule has 1 amide bonds. The van der Waals surface area contributed by atoms with Crippen LogP contribution in [0.2, 0.25) is 0 Å². The van der Waals surface area contributed by atoms with Gasteiger partial charge in [0.05, 0.1) is 13.0 Å². The van der Waals surface area contributed by atoms with Crippen molar-refractivity contribution in [2.45, 2.75) is 6.42 Å². The molecule has 2 rings (SSSR count). The van der Waals surface area contributed by atoms with Gasteiger partial charge in [0, 0.05) is 6.54 Å². The first kappa shape index (κ1) is 15.1. The molecular formula is C14H17NO6. The summed E-state index contributed by atoms with van der Waals surface area (Å²) in [4.78, 5) is 21.9. The molecule has 2 N–H and O–H groups in total. The molecule has 0 bridgehead atoms. The van der Waals surface area contributed by atoms with Crippen molar-refractivity contribution in [2.75, 3.05) is 33.0 Å². The molecule has 0 aromatic heterocycles. The maximum Gasteiger partial charge on any atom is 0.329 e. The molecule has 114 valence electrons. The van der Waals surface area contributed by atoms with Crippen LogP contribution in [0, 0.1) is 0 Å². The van der Waals surface area contributed by atoms with Crippen LogP contribution in [0.25, 0.3) is 0 Å². The van der Waals surface area contributed by atoms with E-state index in [1.165, 1.54) is 0 Å². The number of fused-ring (bicyclic) bond motifs is 1. The van der Waals surface area contributed by atoms with Gasteiger partial charge in [-0.1, -0.05) is 6.07 Å². The Labute approximate surface area is 121 Å². The molecule has 21 heavy (non-hydrogen) atoms. The molecule has 0 spiro atoms. The van der Waals surface area contributed by atoms with Crippen LogP contribution in [0.15, 0.2) is 18.2 Å². The van der Waals surface area contributed by atoms with Gasteiger partial charge in [0.15, 0.2) is 11.5 Å². The first-order chi connectivity index (χ1) is 10.1. The van der Waals surface area contributed by atoms with Crippen molar-refractivity contribution in [3.63, 3.8) is 0 Å². The summed E-state index contributed by atoms with van der Waals surface area (Å²) in [6, 6.07) is 5.39. The van der Waals surface area contributed by atoms with E-state index in [0.717, 1.165) is 5.56 Å². The summed E-state index contributed by atoms with van der Waals surface area (Å²) >= 11 is 0. The zero-order valence-corrected chi connectivity index (χ0v) is 11.5. The molecule has 1 aromatic carbocycles. The first-order valence-electron chi connectivity index (χ1n) is 6.60. The van der Waals surface area contributed by atoms with Gasteiger partial charge < -0.3 is 24.6 Å². The molecule has 0 atom stereocenters. The van der Waals surface area contributed by atoms with Crippen LogP contribution in [0.1, 0.15) is 5.56 Å². The summed E-state index contributed by atoms with van der Waals surface area (Å²) in [5.74, 6) is 0.145. The zero-order chi connectivity index (χ0) is 15.1. The molecule has 1 aliphatic rings. The van der Waals surface area contributed by atoms with Crippen LogP contribution in [-0.4, -0.2) is 50.0 Å². The largest absolute Gasteiger partial charge is 0.486 e. The molecular weight excluding hydrogens is 278 g/mol. The van der Waals surface area contributed by atoms with Gasteiger partial charge in [-0.2, -0.15) is 0 Å². The van der Waals surface area contributed by atoms with Gasteiger partial charge in [-0.3, -0.25) is 4.79 Å². The lowest BCUT2D eigenvalue weighted by atomic mass is 10.1. The highest BCUT2D eigenvalue weighted by Gasteiger charge is 2.13. The highest BCUT2D eigenvalue weighted by Crippen LogP contribution is 2.30. The van der Waals surface area contributed by atoms with E-state index in [4.69, 9.17) is 19.3 Å². The lowest BCUT2D eigenvalue weighted by Gasteiger charge is -2.18. The number of carboxylic acids is 1. The fourth-order valence-corrected chi connectivity index (χ4v) is 1.87. The van der Waals surface area contributed by atoms with Gasteiger partial charge in [-0.15, -0.1) is 0 Å². The maximum absolute atomic E-state index is 11.7. The lowest BCUT2D eigenvalue weighted by molar-refractivity contribution is -0.142. The van der Waals surface area contributed by atoms with Crippen LogP contribution < -0.4 is 14.8 Å². The molecule has 0 aliphatic carbocycles. The summed E-state index contributed by atoms with van der Waals surface area (Å²) in [5, 5.41) is 11.0. The number of rotatable bonds is 7. The number of carbonyl (C=O) groups excluding carboxylic acids is 1. The molecule has 0 saturated heterocycles. The van der Waals surface area contributed by atoms with Gasteiger partial charge >= 0.3 is 5.97 Å². The van der Waals surface area contributed by atoms with E-state index in [-0.39, 0.29) is 32.1 Å². The van der Waals surface area contributed by atoms with E-state index < -0.39 is 5.97 Å². The quantitative estimate of drug-likeness (QED) is 0.699. The number of benzene rings is 1. The molecule has 0 fully saturated rings. The van der Waals surface area contributed by atoms with Crippen molar-refractivity contribution in [1.82, 2.24) is 5.32 Å². The molecule has 0 saturated carbocycles. The van der Waals surface area contributed by atoms with E-state index in [9.17, 15) is 9.59 Å². The highest BCUT2D eigenvalue weighted by molar-refractivity contribution is 5.78. The normalized spacial score (nSPS) is 12.8. The van der Waals surface area contributed by atoms with Crippen LogP contribution in [0.5, 0.6) is 11.5 Å². The summed E-state index contributed by atoms with van der Waals surface area (Å²) in [7, 11) is 0. The fourth-order valence-electron chi connectivity index (χ4n) is 1.87. The average Bonchev–Trinajstić information content (AvgIpc) is 2.46.